The number of aromatic nitrogens is 6. The van der Waals surface area contributed by atoms with E-state index in [4.69, 9.17) is 4.52 Å². The fourth-order valence-electron chi connectivity index (χ4n) is 3.86. The number of rotatable bonds is 5. The fraction of sp³-hybridized carbons (Fsp3) is 0.273. The van der Waals surface area contributed by atoms with Gasteiger partial charge in [0.15, 0.2) is 5.82 Å². The molecule has 33 heavy (non-hydrogen) atoms. The average Bonchev–Trinajstić information content (AvgIpc) is 3.53. The number of carbonyl (C=O) groups is 1. The first kappa shape index (κ1) is 20.7. The highest BCUT2D eigenvalue weighted by Gasteiger charge is 2.29. The highest BCUT2D eigenvalue weighted by atomic mass is 19.1. The summed E-state index contributed by atoms with van der Waals surface area (Å²) in [5.74, 6) is 0.852. The van der Waals surface area contributed by atoms with E-state index in [1.54, 1.807) is 21.7 Å². The number of tetrazole rings is 1. The van der Waals surface area contributed by atoms with Crippen LogP contribution in [0.3, 0.4) is 0 Å². The summed E-state index contributed by atoms with van der Waals surface area (Å²) in [6, 6.07) is 15.3. The van der Waals surface area contributed by atoms with Crippen LogP contribution >= 0.6 is 0 Å². The van der Waals surface area contributed by atoms with Crippen molar-refractivity contribution in [2.45, 2.75) is 25.3 Å². The van der Waals surface area contributed by atoms with Gasteiger partial charge in [-0.15, -0.1) is 5.10 Å². The topological polar surface area (TPSA) is 115 Å². The minimum atomic E-state index is -0.363. The van der Waals surface area contributed by atoms with Gasteiger partial charge in [-0.2, -0.15) is 9.67 Å². The van der Waals surface area contributed by atoms with Gasteiger partial charge in [-0.25, -0.2) is 9.18 Å². The maximum Gasteiger partial charge on any atom is 0.317 e. The van der Waals surface area contributed by atoms with Crippen LogP contribution in [0.2, 0.25) is 0 Å². The molecule has 4 aromatic rings. The second-order valence-corrected chi connectivity index (χ2v) is 7.75. The molecule has 0 bridgehead atoms. The van der Waals surface area contributed by atoms with Crippen molar-refractivity contribution in [2.24, 2.45) is 0 Å². The number of halogens is 1. The van der Waals surface area contributed by atoms with Crippen molar-refractivity contribution in [1.82, 2.24) is 40.6 Å². The zero-order chi connectivity index (χ0) is 22.6. The molecule has 2 amide bonds. The number of likely N-dealkylation sites (tertiary alicyclic amines) is 1. The van der Waals surface area contributed by atoms with Gasteiger partial charge in [0.2, 0.25) is 11.7 Å². The first-order valence-electron chi connectivity index (χ1n) is 10.6. The van der Waals surface area contributed by atoms with E-state index in [1.165, 1.54) is 12.1 Å². The number of nitrogens with zero attached hydrogens (tertiary/aromatic N) is 7. The Morgan fingerprint density at radius 3 is 2.91 bits per heavy atom. The Hall–Kier alpha value is -4.15. The third-order valence-electron chi connectivity index (χ3n) is 5.51. The smallest absolute Gasteiger partial charge is 0.317 e. The van der Waals surface area contributed by atoms with Gasteiger partial charge in [-0.1, -0.05) is 35.5 Å². The predicted octanol–water partition coefficient (Wildman–Crippen LogP) is 2.94. The molecule has 0 saturated carbocycles. The quantitative estimate of drug-likeness (QED) is 0.499. The number of para-hydroxylation sites is 1. The van der Waals surface area contributed by atoms with E-state index >= 15 is 0 Å². The van der Waals surface area contributed by atoms with E-state index in [2.05, 4.69) is 31.0 Å². The molecular weight excluding hydrogens is 427 g/mol. The normalized spacial score (nSPS) is 16.0. The minimum absolute atomic E-state index is 0.0889. The van der Waals surface area contributed by atoms with Gasteiger partial charge in [0.05, 0.1) is 18.2 Å². The molecule has 1 aliphatic rings. The molecule has 3 heterocycles. The monoisotopic (exact) mass is 448 g/mol. The molecule has 168 valence electrons. The summed E-state index contributed by atoms with van der Waals surface area (Å²) in [4.78, 5) is 19.0. The van der Waals surface area contributed by atoms with Crippen LogP contribution in [0.1, 0.15) is 30.5 Å². The lowest BCUT2D eigenvalue weighted by Crippen LogP contribution is -2.45. The summed E-state index contributed by atoms with van der Waals surface area (Å²) in [7, 11) is 0. The lowest BCUT2D eigenvalue weighted by atomic mass is 9.98. The lowest BCUT2D eigenvalue weighted by molar-refractivity contribution is 0.171. The van der Waals surface area contributed by atoms with E-state index in [9.17, 15) is 9.18 Å². The zero-order valence-corrected chi connectivity index (χ0v) is 17.6. The Kier molecular flexibility index (Phi) is 5.75. The molecule has 1 N–H and O–H groups in total. The van der Waals surface area contributed by atoms with Crippen LogP contribution in [0.25, 0.3) is 17.1 Å². The van der Waals surface area contributed by atoms with Crippen molar-refractivity contribution in [2.75, 3.05) is 13.1 Å². The molecule has 2 aromatic carbocycles. The summed E-state index contributed by atoms with van der Waals surface area (Å²) in [6.07, 6.45) is 1.62. The first-order valence-corrected chi connectivity index (χ1v) is 10.6. The molecule has 1 saturated heterocycles. The van der Waals surface area contributed by atoms with E-state index in [0.29, 0.717) is 36.2 Å². The molecule has 1 fully saturated rings. The van der Waals surface area contributed by atoms with Gasteiger partial charge in [0, 0.05) is 18.7 Å². The summed E-state index contributed by atoms with van der Waals surface area (Å²) in [6.45, 7) is 1.25. The van der Waals surface area contributed by atoms with Gasteiger partial charge in [-0.05, 0) is 47.5 Å². The van der Waals surface area contributed by atoms with Crippen LogP contribution in [-0.4, -0.2) is 54.4 Å². The zero-order valence-electron chi connectivity index (χ0n) is 17.6. The average molecular weight is 448 g/mol. The Morgan fingerprint density at radius 1 is 1.18 bits per heavy atom. The van der Waals surface area contributed by atoms with Crippen LogP contribution in [-0.2, 0) is 6.54 Å². The molecule has 1 aliphatic heterocycles. The van der Waals surface area contributed by atoms with Crippen molar-refractivity contribution in [3.8, 4) is 17.1 Å². The van der Waals surface area contributed by atoms with Crippen LogP contribution in [0.4, 0.5) is 9.18 Å². The molecule has 10 nitrogen and oxygen atoms in total. The standard InChI is InChI=1S/C22H21FN8O2/c23-17-8-4-6-15(12-17)20-25-21(33-27-20)16-7-5-11-30(14-16)22(32)24-13-19-26-28-29-31(19)18-9-2-1-3-10-18/h1-4,6,8-10,12,16H,5,7,11,13-14H2,(H,24,32). The van der Waals surface area contributed by atoms with E-state index in [-0.39, 0.29) is 24.3 Å². The summed E-state index contributed by atoms with van der Waals surface area (Å²) in [5, 5.41) is 18.6. The SMILES string of the molecule is O=C(NCc1nnnn1-c1ccccc1)N1CCCC(c2nc(-c3cccc(F)c3)no2)C1. The highest BCUT2D eigenvalue weighted by Crippen LogP contribution is 2.27. The number of piperidine rings is 1. The number of nitrogens with one attached hydrogen (secondary N) is 1. The van der Waals surface area contributed by atoms with Gasteiger partial charge >= 0.3 is 6.03 Å². The highest BCUT2D eigenvalue weighted by molar-refractivity contribution is 5.74. The van der Waals surface area contributed by atoms with Gasteiger partial charge in [0.25, 0.3) is 0 Å². The second-order valence-electron chi connectivity index (χ2n) is 7.75. The number of hydrogen-bond donors (Lipinski definition) is 1. The van der Waals surface area contributed by atoms with Crippen molar-refractivity contribution in [3.05, 3.63) is 72.1 Å². The van der Waals surface area contributed by atoms with Crippen molar-refractivity contribution < 1.29 is 13.7 Å². The minimum Gasteiger partial charge on any atom is -0.339 e. The predicted molar refractivity (Wildman–Crippen MR) is 115 cm³/mol. The summed E-state index contributed by atoms with van der Waals surface area (Å²) >= 11 is 0. The van der Waals surface area contributed by atoms with E-state index in [1.807, 2.05) is 30.3 Å². The Balaban J connectivity index is 1.22. The number of amides is 2. The molecule has 11 heteroatoms. The maximum absolute atomic E-state index is 13.5. The number of carbonyl (C=O) groups excluding carboxylic acids is 1. The van der Waals surface area contributed by atoms with Crippen molar-refractivity contribution in [3.63, 3.8) is 0 Å². The van der Waals surface area contributed by atoms with Gasteiger partial charge in [0.1, 0.15) is 5.82 Å². The molecule has 1 unspecified atom stereocenters. The van der Waals surface area contributed by atoms with Crippen LogP contribution < -0.4 is 5.32 Å². The molecule has 5 rings (SSSR count). The number of urea groups is 1. The van der Waals surface area contributed by atoms with Gasteiger partial charge < -0.3 is 14.7 Å². The van der Waals surface area contributed by atoms with Crippen molar-refractivity contribution in [1.29, 1.82) is 0 Å². The number of hydrogen-bond acceptors (Lipinski definition) is 7. The van der Waals surface area contributed by atoms with Crippen molar-refractivity contribution >= 4 is 6.03 Å². The van der Waals surface area contributed by atoms with Crippen LogP contribution in [0.15, 0.2) is 59.1 Å². The number of benzene rings is 2. The Bertz CT molecular complexity index is 1240. The maximum atomic E-state index is 13.5. The lowest BCUT2D eigenvalue weighted by Gasteiger charge is -2.30. The van der Waals surface area contributed by atoms with E-state index < -0.39 is 0 Å². The molecule has 1 atom stereocenters. The molecule has 2 aromatic heterocycles. The third kappa shape index (κ3) is 4.56. The molecule has 0 aliphatic carbocycles. The second kappa shape index (κ2) is 9.15. The van der Waals surface area contributed by atoms with E-state index in [0.717, 1.165) is 18.5 Å². The fourth-order valence-corrected chi connectivity index (χ4v) is 3.86. The van der Waals surface area contributed by atoms with Crippen LogP contribution in [0.5, 0.6) is 0 Å². The molecular formula is C22H21FN8O2. The molecule has 0 spiro atoms. The summed E-state index contributed by atoms with van der Waals surface area (Å²) < 4.78 is 20.5. The Morgan fingerprint density at radius 2 is 2.06 bits per heavy atom. The largest absolute Gasteiger partial charge is 0.339 e. The third-order valence-corrected chi connectivity index (χ3v) is 5.51. The van der Waals surface area contributed by atoms with Gasteiger partial charge in [-0.3, -0.25) is 0 Å². The first-order chi connectivity index (χ1) is 16.2. The Labute approximate surface area is 188 Å². The molecule has 0 radical (unpaired) electrons. The summed E-state index contributed by atoms with van der Waals surface area (Å²) in [5.41, 5.74) is 1.36. The van der Waals surface area contributed by atoms with Crippen LogP contribution in [0, 0.1) is 5.82 Å².